The number of aromatic nitrogens is 4. The Morgan fingerprint density at radius 1 is 0.208 bits per heavy atom. The summed E-state index contributed by atoms with van der Waals surface area (Å²) in [6.07, 6.45) is 3.98. The average molecular weight is 1260 g/mol. The fourth-order valence-electron chi connectivity index (χ4n) is 15.0. The number of rotatable bonds is 9. The molecule has 0 unspecified atom stereocenters. The molecule has 0 saturated heterocycles. The summed E-state index contributed by atoms with van der Waals surface area (Å²) in [4.78, 5) is 10.0. The lowest BCUT2D eigenvalue weighted by molar-refractivity contribution is 1.19. The Balaban J connectivity index is 0.615. The predicted molar refractivity (Wildman–Crippen MR) is 410 cm³/mol. The molecule has 4 nitrogen and oxygen atoms in total. The number of thiophene rings is 2. The van der Waals surface area contributed by atoms with Crippen LogP contribution < -0.4 is 0 Å². The molecule has 0 fully saturated rings. The number of pyridine rings is 2. The first-order valence-electron chi connectivity index (χ1n) is 32.6. The van der Waals surface area contributed by atoms with E-state index in [9.17, 15) is 0 Å². The van der Waals surface area contributed by atoms with Gasteiger partial charge in [0.05, 0.1) is 33.5 Å². The van der Waals surface area contributed by atoms with Gasteiger partial charge in [-0.3, -0.25) is 4.98 Å². The molecule has 6 heteroatoms. The number of hydrogen-bond donors (Lipinski definition) is 0. The van der Waals surface area contributed by atoms with Crippen molar-refractivity contribution in [2.75, 3.05) is 0 Å². The topological polar surface area (TPSA) is 35.6 Å². The summed E-state index contributed by atoms with van der Waals surface area (Å²) in [6.45, 7) is 0. The molecule has 0 saturated carbocycles. The molecule has 20 rings (SSSR count). The van der Waals surface area contributed by atoms with E-state index in [1.807, 2.05) is 41.1 Å². The van der Waals surface area contributed by atoms with Crippen molar-refractivity contribution >= 4 is 128 Å². The molecule has 0 aliphatic heterocycles. The van der Waals surface area contributed by atoms with E-state index in [0.717, 1.165) is 61.7 Å². The Morgan fingerprint density at radius 2 is 0.615 bits per heavy atom. The van der Waals surface area contributed by atoms with Crippen LogP contribution in [0.4, 0.5) is 0 Å². The predicted octanol–water partition coefficient (Wildman–Crippen LogP) is 25.4. The maximum absolute atomic E-state index is 5.18. The van der Waals surface area contributed by atoms with Gasteiger partial charge in [-0.2, -0.15) is 0 Å². The third kappa shape index (κ3) is 9.02. The Bertz CT molecular complexity index is 6580. The Hall–Kier alpha value is -12.1. The monoisotopic (exact) mass is 1250 g/mol. The van der Waals surface area contributed by atoms with Gasteiger partial charge in [-0.1, -0.05) is 206 Å². The van der Waals surface area contributed by atoms with Crippen molar-refractivity contribution in [2.24, 2.45) is 0 Å². The minimum Gasteiger partial charge on any atom is -0.309 e. The lowest BCUT2D eigenvalue weighted by Gasteiger charge is -2.11. The number of hydrogen-bond acceptors (Lipinski definition) is 4. The quantitative estimate of drug-likeness (QED) is 0.144. The molecule has 0 aliphatic carbocycles. The van der Waals surface area contributed by atoms with Gasteiger partial charge in [-0.15, -0.1) is 22.7 Å². The van der Waals surface area contributed by atoms with Crippen LogP contribution in [0.2, 0.25) is 0 Å². The maximum atomic E-state index is 5.18. The fraction of sp³-hybridized carbons (Fsp3) is 0. The van der Waals surface area contributed by atoms with Crippen molar-refractivity contribution in [3.63, 3.8) is 0 Å². The second-order valence-corrected chi connectivity index (χ2v) is 27.5. The second kappa shape index (κ2) is 21.8. The lowest BCUT2D eigenvalue weighted by atomic mass is 9.96. The van der Waals surface area contributed by atoms with Gasteiger partial charge >= 0.3 is 0 Å². The van der Waals surface area contributed by atoms with Crippen LogP contribution in [-0.2, 0) is 0 Å². The third-order valence-electron chi connectivity index (χ3n) is 19.8. The molecule has 0 aliphatic rings. The molecule has 6 heterocycles. The van der Waals surface area contributed by atoms with Gasteiger partial charge in [0, 0.05) is 108 Å². The van der Waals surface area contributed by atoms with Crippen molar-refractivity contribution in [1.82, 2.24) is 19.1 Å². The first kappa shape index (κ1) is 54.5. The average Bonchev–Trinajstić information content (AvgIpc) is 1.58. The van der Waals surface area contributed by atoms with E-state index < -0.39 is 0 Å². The standard InChI is InChI=1S/C90H54N4S2/c1-2-12-58(13-3-1)81-17-10-18-82(92-81)68-34-42-84-80(48-68)74-38-32-67(50-86(74)94(84)72-36-40-78-76-16-7-9-20-88(76)96-90(78)52-72)64-30-29-61-44-60(27-28-62(61)45-64)56-21-23-57(24-22-56)69-46-70(54-91-53-69)65-33-41-83-79(47-65)73-37-31-66(63-26-25-55-11-4-5-14-59(55)43-63)49-85(73)93(83)71-35-39-77-75-15-6-8-19-87(75)95-89(77)51-71/h1-54H. The van der Waals surface area contributed by atoms with Gasteiger partial charge in [0.15, 0.2) is 0 Å². The molecule has 0 radical (unpaired) electrons. The van der Waals surface area contributed by atoms with Gasteiger partial charge in [0.2, 0.25) is 0 Å². The minimum absolute atomic E-state index is 0.954. The molecular weight excluding hydrogens is 1200 g/mol. The molecule has 0 spiro atoms. The Labute approximate surface area is 560 Å². The molecule has 96 heavy (non-hydrogen) atoms. The molecule has 0 atom stereocenters. The molecule has 14 aromatic carbocycles. The molecule has 0 amide bonds. The Morgan fingerprint density at radius 3 is 1.22 bits per heavy atom. The van der Waals surface area contributed by atoms with Gasteiger partial charge in [-0.05, 0) is 175 Å². The minimum atomic E-state index is 0.954. The molecule has 6 aromatic heterocycles. The largest absolute Gasteiger partial charge is 0.309 e. The van der Waals surface area contributed by atoms with E-state index in [4.69, 9.17) is 9.97 Å². The summed E-state index contributed by atoms with van der Waals surface area (Å²) in [5.41, 5.74) is 22.6. The molecular formula is C90H54N4S2. The molecule has 0 bridgehead atoms. The van der Waals surface area contributed by atoms with Crippen molar-refractivity contribution < 1.29 is 0 Å². The highest BCUT2D eigenvalue weighted by molar-refractivity contribution is 7.26. The van der Waals surface area contributed by atoms with Crippen LogP contribution in [-0.4, -0.2) is 19.1 Å². The highest BCUT2D eigenvalue weighted by Gasteiger charge is 2.20. The zero-order chi connectivity index (χ0) is 63.0. The zero-order valence-electron chi connectivity index (χ0n) is 51.8. The van der Waals surface area contributed by atoms with Crippen molar-refractivity contribution in [3.8, 4) is 89.5 Å². The summed E-state index contributed by atoms with van der Waals surface area (Å²) >= 11 is 3.72. The smallest absolute Gasteiger partial charge is 0.0709 e. The fourth-order valence-corrected chi connectivity index (χ4v) is 17.2. The lowest BCUT2D eigenvalue weighted by Crippen LogP contribution is -1.94. The summed E-state index contributed by atoms with van der Waals surface area (Å²) < 4.78 is 10.1. The van der Waals surface area contributed by atoms with E-state index >= 15 is 0 Å². The van der Waals surface area contributed by atoms with E-state index in [-0.39, 0.29) is 0 Å². The Kier molecular flexibility index (Phi) is 12.4. The van der Waals surface area contributed by atoms with E-state index in [1.165, 1.54) is 133 Å². The summed E-state index contributed by atoms with van der Waals surface area (Å²) in [5, 5.41) is 14.9. The SMILES string of the molecule is c1ccc(-c2cccc(-c3ccc4c(c3)c3ccc(-c5ccc6cc(-c7ccc(-c8cncc(-c9ccc%10c(c9)c9ccc(-c%11ccc%12ccccc%12c%11)cc9n%10-c9ccc%10c(c9)sc9ccccc9%10)c8)cc7)ccc6c5)cc3n4-c3ccc4c(c3)sc3ccccc34)n2)cc1. The van der Waals surface area contributed by atoms with Crippen molar-refractivity contribution in [2.45, 2.75) is 0 Å². The van der Waals surface area contributed by atoms with Crippen molar-refractivity contribution in [3.05, 3.63) is 328 Å². The van der Waals surface area contributed by atoms with Gasteiger partial charge < -0.3 is 9.13 Å². The summed E-state index contributed by atoms with van der Waals surface area (Å²) in [7, 11) is 0. The van der Waals surface area contributed by atoms with Crippen LogP contribution in [0.3, 0.4) is 0 Å². The van der Waals surface area contributed by atoms with E-state index in [1.54, 1.807) is 0 Å². The third-order valence-corrected chi connectivity index (χ3v) is 22.0. The normalized spacial score (nSPS) is 12.0. The molecule has 0 N–H and O–H groups in total. The number of nitrogens with zero attached hydrogens (tertiary/aromatic N) is 4. The van der Waals surface area contributed by atoms with Crippen LogP contribution in [0, 0.1) is 0 Å². The molecule has 446 valence electrons. The maximum Gasteiger partial charge on any atom is 0.0709 e. The highest BCUT2D eigenvalue weighted by Crippen LogP contribution is 2.44. The van der Waals surface area contributed by atoms with Crippen LogP contribution >= 0.6 is 22.7 Å². The van der Waals surface area contributed by atoms with Crippen LogP contribution in [0.25, 0.3) is 195 Å². The first-order chi connectivity index (χ1) is 47.5. The van der Waals surface area contributed by atoms with Crippen molar-refractivity contribution in [1.29, 1.82) is 0 Å². The first-order valence-corrected chi connectivity index (χ1v) is 34.3. The van der Waals surface area contributed by atoms with Gasteiger partial charge in [0.1, 0.15) is 0 Å². The van der Waals surface area contributed by atoms with Gasteiger partial charge in [0.25, 0.3) is 0 Å². The van der Waals surface area contributed by atoms with Crippen LogP contribution in [0.1, 0.15) is 0 Å². The highest BCUT2D eigenvalue weighted by atomic mass is 32.1. The summed E-state index contributed by atoms with van der Waals surface area (Å²) in [5.74, 6) is 0. The van der Waals surface area contributed by atoms with Crippen LogP contribution in [0.15, 0.2) is 328 Å². The zero-order valence-corrected chi connectivity index (χ0v) is 53.4. The number of fused-ring (bicyclic) bond motifs is 14. The molecule has 20 aromatic rings. The number of benzene rings is 14. The summed E-state index contributed by atoms with van der Waals surface area (Å²) in [6, 6.07) is 116. The van der Waals surface area contributed by atoms with Crippen LogP contribution in [0.5, 0.6) is 0 Å². The van der Waals surface area contributed by atoms with E-state index in [0.29, 0.717) is 0 Å². The van der Waals surface area contributed by atoms with E-state index in [2.05, 4.69) is 319 Å². The van der Waals surface area contributed by atoms with Gasteiger partial charge in [-0.25, -0.2) is 4.98 Å². The second-order valence-electron chi connectivity index (χ2n) is 25.3.